The SMILES string of the molecule is Cc1ccc2[nH]c3c(c2c1)CCCC3NCCc1ccc(Cl)cc1. The number of rotatable bonds is 4. The van der Waals surface area contributed by atoms with E-state index >= 15 is 0 Å². The minimum Gasteiger partial charge on any atom is -0.357 e. The summed E-state index contributed by atoms with van der Waals surface area (Å²) in [6, 6.07) is 15.3. The number of hydrogen-bond acceptors (Lipinski definition) is 1. The molecule has 0 fully saturated rings. The van der Waals surface area contributed by atoms with Crippen LogP contribution in [0.25, 0.3) is 10.9 Å². The number of hydrogen-bond donors (Lipinski definition) is 2. The van der Waals surface area contributed by atoms with Gasteiger partial charge in [-0.15, -0.1) is 0 Å². The number of nitrogens with one attached hydrogen (secondary N) is 2. The summed E-state index contributed by atoms with van der Waals surface area (Å²) in [7, 11) is 0. The minimum atomic E-state index is 0.439. The predicted octanol–water partition coefficient (Wildman–Crippen LogP) is 5.34. The van der Waals surface area contributed by atoms with Gasteiger partial charge in [0.25, 0.3) is 0 Å². The molecule has 3 heteroatoms. The highest BCUT2D eigenvalue weighted by atomic mass is 35.5. The first-order chi connectivity index (χ1) is 11.7. The van der Waals surface area contributed by atoms with Gasteiger partial charge in [-0.2, -0.15) is 0 Å². The van der Waals surface area contributed by atoms with E-state index in [2.05, 4.69) is 47.6 Å². The Morgan fingerprint density at radius 2 is 2.00 bits per heavy atom. The summed E-state index contributed by atoms with van der Waals surface area (Å²) in [5.41, 5.74) is 6.86. The molecule has 0 aliphatic heterocycles. The van der Waals surface area contributed by atoms with Crippen LogP contribution in [0.3, 0.4) is 0 Å². The Balaban J connectivity index is 1.49. The summed E-state index contributed by atoms with van der Waals surface area (Å²) in [4.78, 5) is 3.67. The van der Waals surface area contributed by atoms with Gasteiger partial charge in [-0.25, -0.2) is 0 Å². The van der Waals surface area contributed by atoms with Gasteiger partial charge >= 0.3 is 0 Å². The molecule has 0 bridgehead atoms. The van der Waals surface area contributed by atoms with Crippen molar-refractivity contribution >= 4 is 22.5 Å². The van der Waals surface area contributed by atoms with Gasteiger partial charge in [0.2, 0.25) is 0 Å². The quantitative estimate of drug-likeness (QED) is 0.660. The Kier molecular flexibility index (Phi) is 4.34. The number of fused-ring (bicyclic) bond motifs is 3. The summed E-state index contributed by atoms with van der Waals surface area (Å²) in [6.45, 7) is 3.16. The third-order valence-corrected chi connectivity index (χ3v) is 5.33. The molecule has 124 valence electrons. The van der Waals surface area contributed by atoms with Gasteiger partial charge in [-0.05, 0) is 74.5 Å². The van der Waals surface area contributed by atoms with Crippen molar-refractivity contribution in [2.45, 2.75) is 38.6 Å². The molecule has 1 atom stereocenters. The lowest BCUT2D eigenvalue weighted by atomic mass is 9.91. The van der Waals surface area contributed by atoms with Crippen molar-refractivity contribution in [3.05, 3.63) is 69.9 Å². The topological polar surface area (TPSA) is 27.8 Å². The van der Waals surface area contributed by atoms with Gasteiger partial charge in [0.05, 0.1) is 0 Å². The van der Waals surface area contributed by atoms with Gasteiger partial charge < -0.3 is 10.3 Å². The fourth-order valence-electron chi connectivity index (χ4n) is 3.82. The van der Waals surface area contributed by atoms with Gasteiger partial charge in [0.1, 0.15) is 0 Å². The highest BCUT2D eigenvalue weighted by Crippen LogP contribution is 2.35. The van der Waals surface area contributed by atoms with E-state index in [-0.39, 0.29) is 0 Å². The van der Waals surface area contributed by atoms with Gasteiger partial charge in [0.15, 0.2) is 0 Å². The number of H-pyrrole nitrogens is 1. The molecule has 0 amide bonds. The molecule has 1 unspecified atom stereocenters. The molecule has 0 radical (unpaired) electrons. The van der Waals surface area contributed by atoms with Crippen LogP contribution in [0.15, 0.2) is 42.5 Å². The van der Waals surface area contributed by atoms with E-state index in [1.807, 2.05) is 12.1 Å². The molecule has 1 aliphatic rings. The standard InChI is InChI=1S/C21H23ClN2/c1-14-5-10-19-18(13-14)17-3-2-4-20(21(17)24-19)23-12-11-15-6-8-16(22)9-7-15/h5-10,13,20,23-24H,2-4,11-12H2,1H3. The maximum absolute atomic E-state index is 5.95. The molecule has 2 aromatic carbocycles. The van der Waals surface area contributed by atoms with Crippen LogP contribution in [0.1, 0.15) is 41.3 Å². The highest BCUT2D eigenvalue weighted by molar-refractivity contribution is 6.30. The summed E-state index contributed by atoms with van der Waals surface area (Å²) in [6.07, 6.45) is 4.68. The first kappa shape index (κ1) is 15.7. The largest absolute Gasteiger partial charge is 0.357 e. The maximum atomic E-state index is 5.95. The monoisotopic (exact) mass is 338 g/mol. The average molecular weight is 339 g/mol. The normalized spacial score (nSPS) is 17.2. The number of aromatic amines is 1. The first-order valence-corrected chi connectivity index (χ1v) is 9.17. The second-order valence-corrected chi connectivity index (χ2v) is 7.28. The van der Waals surface area contributed by atoms with E-state index < -0.39 is 0 Å². The van der Waals surface area contributed by atoms with Gasteiger partial charge in [-0.1, -0.05) is 35.4 Å². The zero-order valence-corrected chi connectivity index (χ0v) is 14.8. The van der Waals surface area contributed by atoms with Crippen LogP contribution in [-0.2, 0) is 12.8 Å². The first-order valence-electron chi connectivity index (χ1n) is 8.79. The number of aryl methyl sites for hydroxylation is 2. The molecule has 0 saturated carbocycles. The van der Waals surface area contributed by atoms with Gasteiger partial charge in [0, 0.05) is 27.7 Å². The Hall–Kier alpha value is -1.77. The Morgan fingerprint density at radius 1 is 1.17 bits per heavy atom. The van der Waals surface area contributed by atoms with E-state index in [1.165, 1.54) is 52.5 Å². The second-order valence-electron chi connectivity index (χ2n) is 6.84. The minimum absolute atomic E-state index is 0.439. The smallest absolute Gasteiger partial charge is 0.0476 e. The molecule has 1 heterocycles. The summed E-state index contributed by atoms with van der Waals surface area (Å²) in [5, 5.41) is 5.97. The molecule has 0 spiro atoms. The fraction of sp³-hybridized carbons (Fsp3) is 0.333. The molecule has 3 aromatic rings. The van der Waals surface area contributed by atoms with Crippen molar-refractivity contribution in [1.82, 2.24) is 10.3 Å². The van der Waals surface area contributed by atoms with Crippen LogP contribution in [0, 0.1) is 6.92 Å². The maximum Gasteiger partial charge on any atom is 0.0476 e. The lowest BCUT2D eigenvalue weighted by Gasteiger charge is -2.24. The summed E-state index contributed by atoms with van der Waals surface area (Å²) in [5.74, 6) is 0. The molecular weight excluding hydrogens is 316 g/mol. The van der Waals surface area contributed by atoms with Crippen molar-refractivity contribution < 1.29 is 0 Å². The fourth-order valence-corrected chi connectivity index (χ4v) is 3.95. The third kappa shape index (κ3) is 3.09. The number of aromatic nitrogens is 1. The second kappa shape index (κ2) is 6.62. The van der Waals surface area contributed by atoms with Crippen LogP contribution < -0.4 is 5.32 Å². The summed E-state index contributed by atoms with van der Waals surface area (Å²) >= 11 is 5.95. The molecular formula is C21H23ClN2. The van der Waals surface area contributed by atoms with Crippen molar-refractivity contribution in [2.24, 2.45) is 0 Å². The molecule has 2 N–H and O–H groups in total. The van der Waals surface area contributed by atoms with Crippen LogP contribution >= 0.6 is 11.6 Å². The molecule has 2 nitrogen and oxygen atoms in total. The van der Waals surface area contributed by atoms with Crippen LogP contribution in [0.4, 0.5) is 0 Å². The molecule has 1 aliphatic carbocycles. The van der Waals surface area contributed by atoms with E-state index in [4.69, 9.17) is 11.6 Å². The van der Waals surface area contributed by atoms with Crippen LogP contribution in [-0.4, -0.2) is 11.5 Å². The number of halogens is 1. The van der Waals surface area contributed by atoms with Crippen LogP contribution in [0.5, 0.6) is 0 Å². The Morgan fingerprint density at radius 3 is 2.83 bits per heavy atom. The van der Waals surface area contributed by atoms with E-state index in [0.717, 1.165) is 18.0 Å². The van der Waals surface area contributed by atoms with Crippen molar-refractivity contribution in [3.63, 3.8) is 0 Å². The number of benzene rings is 2. The summed E-state index contributed by atoms with van der Waals surface area (Å²) < 4.78 is 0. The lowest BCUT2D eigenvalue weighted by molar-refractivity contribution is 0.456. The zero-order chi connectivity index (χ0) is 16.5. The van der Waals surface area contributed by atoms with Crippen molar-refractivity contribution in [3.8, 4) is 0 Å². The van der Waals surface area contributed by atoms with Crippen molar-refractivity contribution in [2.75, 3.05) is 6.54 Å². The zero-order valence-electron chi connectivity index (χ0n) is 14.0. The van der Waals surface area contributed by atoms with E-state index in [0.29, 0.717) is 6.04 Å². The van der Waals surface area contributed by atoms with E-state index in [1.54, 1.807) is 0 Å². The Labute approximate surface area is 148 Å². The highest BCUT2D eigenvalue weighted by Gasteiger charge is 2.23. The molecule has 24 heavy (non-hydrogen) atoms. The third-order valence-electron chi connectivity index (χ3n) is 5.08. The van der Waals surface area contributed by atoms with E-state index in [9.17, 15) is 0 Å². The van der Waals surface area contributed by atoms with Gasteiger partial charge in [-0.3, -0.25) is 0 Å². The lowest BCUT2D eigenvalue weighted by Crippen LogP contribution is -2.27. The molecule has 0 saturated heterocycles. The molecule has 1 aromatic heterocycles. The predicted molar refractivity (Wildman–Crippen MR) is 102 cm³/mol. The molecule has 4 rings (SSSR count). The van der Waals surface area contributed by atoms with Crippen LogP contribution in [0.2, 0.25) is 5.02 Å². The van der Waals surface area contributed by atoms with Crippen molar-refractivity contribution in [1.29, 1.82) is 0 Å². The Bertz CT molecular complexity index is 848. The average Bonchev–Trinajstić information content (AvgIpc) is 2.95.